The predicted molar refractivity (Wildman–Crippen MR) is 88.0 cm³/mol. The molecule has 1 aliphatic heterocycles. The van der Waals surface area contributed by atoms with Crippen LogP contribution < -0.4 is 14.2 Å². The highest BCUT2D eigenvalue weighted by molar-refractivity contribution is 5.85. The Balaban J connectivity index is 2.17. The van der Waals surface area contributed by atoms with Gasteiger partial charge in [0, 0.05) is 38.2 Å². The summed E-state index contributed by atoms with van der Waals surface area (Å²) >= 11 is 0. The van der Waals surface area contributed by atoms with Gasteiger partial charge < -0.3 is 18.9 Å². The molecule has 2 rings (SSSR count). The first-order valence-electron chi connectivity index (χ1n) is 8.19. The van der Waals surface area contributed by atoms with E-state index in [1.54, 1.807) is 13.2 Å². The lowest BCUT2D eigenvalue weighted by Gasteiger charge is -2.16. The van der Waals surface area contributed by atoms with Crippen LogP contribution in [0.25, 0.3) is 0 Å². The lowest BCUT2D eigenvalue weighted by molar-refractivity contribution is 0.111. The van der Waals surface area contributed by atoms with Gasteiger partial charge in [-0.05, 0) is 12.3 Å². The molecule has 0 spiro atoms. The van der Waals surface area contributed by atoms with Crippen molar-refractivity contribution in [1.82, 2.24) is 0 Å². The van der Waals surface area contributed by atoms with Crippen LogP contribution in [0.1, 0.15) is 42.6 Å². The van der Waals surface area contributed by atoms with Crippen LogP contribution in [0.4, 0.5) is 0 Å². The summed E-state index contributed by atoms with van der Waals surface area (Å²) in [5.41, 5.74) is 1.48. The van der Waals surface area contributed by atoms with Crippen molar-refractivity contribution in [2.45, 2.75) is 33.1 Å². The Morgan fingerprint density at radius 3 is 2.70 bits per heavy atom. The molecule has 1 aromatic rings. The summed E-state index contributed by atoms with van der Waals surface area (Å²) in [7, 11) is 1.67. The molecule has 5 heteroatoms. The van der Waals surface area contributed by atoms with Gasteiger partial charge >= 0.3 is 0 Å². The number of hydrogen-bond donors (Lipinski definition) is 0. The highest BCUT2D eigenvalue weighted by Crippen LogP contribution is 2.42. The van der Waals surface area contributed by atoms with Gasteiger partial charge in [-0.2, -0.15) is 0 Å². The first kappa shape index (κ1) is 17.6. The summed E-state index contributed by atoms with van der Waals surface area (Å²) in [6.07, 6.45) is 3.30. The third-order valence-corrected chi connectivity index (χ3v) is 3.77. The highest BCUT2D eigenvalue weighted by Gasteiger charge is 2.25. The zero-order chi connectivity index (χ0) is 16.7. The Kier molecular flexibility index (Phi) is 6.71. The van der Waals surface area contributed by atoms with E-state index in [0.717, 1.165) is 24.7 Å². The molecule has 0 bridgehead atoms. The molecule has 0 N–H and O–H groups in total. The van der Waals surface area contributed by atoms with Gasteiger partial charge in [-0.15, -0.1) is 0 Å². The number of rotatable bonds is 10. The van der Waals surface area contributed by atoms with Gasteiger partial charge in [-0.1, -0.05) is 13.8 Å². The molecule has 1 aliphatic rings. The van der Waals surface area contributed by atoms with Gasteiger partial charge in [0.2, 0.25) is 0 Å². The zero-order valence-electron chi connectivity index (χ0n) is 14.2. The number of aldehydes is 1. The first-order valence-corrected chi connectivity index (χ1v) is 8.19. The Hall–Kier alpha value is -1.75. The maximum atomic E-state index is 11.5. The quantitative estimate of drug-likeness (QED) is 0.489. The van der Waals surface area contributed by atoms with Gasteiger partial charge in [0.25, 0.3) is 0 Å². The van der Waals surface area contributed by atoms with Crippen LogP contribution in [0, 0.1) is 5.92 Å². The molecule has 128 valence electrons. The van der Waals surface area contributed by atoms with E-state index in [-0.39, 0.29) is 0 Å². The second kappa shape index (κ2) is 8.77. The minimum atomic E-state index is 0.537. The van der Waals surface area contributed by atoms with Crippen LogP contribution >= 0.6 is 0 Å². The number of benzene rings is 1. The standard InChI is InChI=1S/C18H26O5/c1-13(2)5-9-22-16-11-17(21-8-4-7-20-3)18-14(6-10-23-18)15(16)12-19/h11-13H,4-10H2,1-3H3. The molecule has 0 atom stereocenters. The third-order valence-electron chi connectivity index (χ3n) is 3.77. The van der Waals surface area contributed by atoms with E-state index in [9.17, 15) is 4.79 Å². The molecular weight excluding hydrogens is 296 g/mol. The predicted octanol–water partition coefficient (Wildman–Crippen LogP) is 3.27. The molecule has 0 amide bonds. The molecular formula is C18H26O5. The summed E-state index contributed by atoms with van der Waals surface area (Å²) in [4.78, 5) is 11.5. The number of ether oxygens (including phenoxy) is 4. The molecule has 1 heterocycles. The fourth-order valence-corrected chi connectivity index (χ4v) is 2.49. The van der Waals surface area contributed by atoms with Crippen molar-refractivity contribution in [3.63, 3.8) is 0 Å². The normalized spacial score (nSPS) is 12.9. The smallest absolute Gasteiger partial charge is 0.165 e. The monoisotopic (exact) mass is 322 g/mol. The highest BCUT2D eigenvalue weighted by atomic mass is 16.5. The van der Waals surface area contributed by atoms with Crippen molar-refractivity contribution in [3.05, 3.63) is 17.2 Å². The van der Waals surface area contributed by atoms with E-state index in [4.69, 9.17) is 18.9 Å². The van der Waals surface area contributed by atoms with Crippen LogP contribution in [-0.4, -0.2) is 39.8 Å². The summed E-state index contributed by atoms with van der Waals surface area (Å²) in [6.45, 7) is 6.62. The van der Waals surface area contributed by atoms with Gasteiger partial charge in [0.1, 0.15) is 5.75 Å². The van der Waals surface area contributed by atoms with E-state index >= 15 is 0 Å². The average molecular weight is 322 g/mol. The molecule has 0 radical (unpaired) electrons. The van der Waals surface area contributed by atoms with Crippen molar-refractivity contribution in [2.75, 3.05) is 33.5 Å². The Morgan fingerprint density at radius 1 is 1.22 bits per heavy atom. The van der Waals surface area contributed by atoms with Crippen molar-refractivity contribution < 1.29 is 23.7 Å². The average Bonchev–Trinajstić information content (AvgIpc) is 3.00. The maximum Gasteiger partial charge on any atom is 0.165 e. The molecule has 0 saturated heterocycles. The molecule has 23 heavy (non-hydrogen) atoms. The number of fused-ring (bicyclic) bond motifs is 1. The van der Waals surface area contributed by atoms with E-state index < -0.39 is 0 Å². The molecule has 0 saturated carbocycles. The molecule has 5 nitrogen and oxygen atoms in total. The van der Waals surface area contributed by atoms with Crippen LogP contribution in [0.15, 0.2) is 6.07 Å². The molecule has 0 aliphatic carbocycles. The van der Waals surface area contributed by atoms with Crippen molar-refractivity contribution in [3.8, 4) is 17.2 Å². The van der Waals surface area contributed by atoms with Crippen LogP contribution in [0.5, 0.6) is 17.2 Å². The molecule has 0 fully saturated rings. The van der Waals surface area contributed by atoms with Crippen LogP contribution in [0.2, 0.25) is 0 Å². The molecule has 0 unspecified atom stereocenters. The Bertz CT molecular complexity index is 525. The third kappa shape index (κ3) is 4.61. The minimum absolute atomic E-state index is 0.537. The fraction of sp³-hybridized carbons (Fsp3) is 0.611. The fourth-order valence-electron chi connectivity index (χ4n) is 2.49. The summed E-state index contributed by atoms with van der Waals surface area (Å²) < 4.78 is 22.3. The zero-order valence-corrected chi connectivity index (χ0v) is 14.2. The van der Waals surface area contributed by atoms with E-state index in [2.05, 4.69) is 13.8 Å². The van der Waals surface area contributed by atoms with E-state index in [1.165, 1.54) is 0 Å². The largest absolute Gasteiger partial charge is 0.493 e. The maximum absolute atomic E-state index is 11.5. The second-order valence-electron chi connectivity index (χ2n) is 6.04. The SMILES string of the molecule is COCCCOc1cc(OCCC(C)C)c(C=O)c2c1OCC2. The number of carbonyl (C=O) groups excluding carboxylic acids is 1. The number of methoxy groups -OCH3 is 1. The lowest BCUT2D eigenvalue weighted by Crippen LogP contribution is -2.07. The van der Waals surface area contributed by atoms with Crippen LogP contribution in [0.3, 0.4) is 0 Å². The minimum Gasteiger partial charge on any atom is -0.493 e. The number of carbonyl (C=O) groups is 1. The number of hydrogen-bond acceptors (Lipinski definition) is 5. The van der Waals surface area contributed by atoms with Crippen molar-refractivity contribution in [1.29, 1.82) is 0 Å². The van der Waals surface area contributed by atoms with Gasteiger partial charge in [0.05, 0.1) is 25.4 Å². The summed E-state index contributed by atoms with van der Waals surface area (Å²) in [5, 5.41) is 0. The second-order valence-corrected chi connectivity index (χ2v) is 6.04. The van der Waals surface area contributed by atoms with Gasteiger partial charge in [0.15, 0.2) is 17.8 Å². The van der Waals surface area contributed by atoms with Crippen molar-refractivity contribution >= 4 is 6.29 Å². The molecule has 0 aromatic heterocycles. The molecule has 1 aromatic carbocycles. The Labute approximate surface area is 137 Å². The van der Waals surface area contributed by atoms with E-state index in [1.807, 2.05) is 0 Å². The van der Waals surface area contributed by atoms with Crippen LogP contribution in [-0.2, 0) is 11.2 Å². The summed E-state index contributed by atoms with van der Waals surface area (Å²) in [5.74, 6) is 2.48. The van der Waals surface area contributed by atoms with Gasteiger partial charge in [-0.3, -0.25) is 4.79 Å². The lowest BCUT2D eigenvalue weighted by atomic mass is 10.0. The van der Waals surface area contributed by atoms with Gasteiger partial charge in [-0.25, -0.2) is 0 Å². The first-order chi connectivity index (χ1) is 11.2. The van der Waals surface area contributed by atoms with E-state index in [0.29, 0.717) is 61.6 Å². The Morgan fingerprint density at radius 2 is 2.00 bits per heavy atom. The topological polar surface area (TPSA) is 54.0 Å². The summed E-state index contributed by atoms with van der Waals surface area (Å²) in [6, 6.07) is 1.78. The van der Waals surface area contributed by atoms with Crippen molar-refractivity contribution in [2.24, 2.45) is 5.92 Å².